The summed E-state index contributed by atoms with van der Waals surface area (Å²) in [5, 5.41) is 0. The van der Waals surface area contributed by atoms with Crippen LogP contribution in [-0.2, 0) is 17.4 Å². The summed E-state index contributed by atoms with van der Waals surface area (Å²) in [7, 11) is 0. The Morgan fingerprint density at radius 2 is 1.76 bits per heavy atom. The van der Waals surface area contributed by atoms with Gasteiger partial charge in [0.15, 0.2) is 11.6 Å². The number of nitrogens with zero attached hydrogens (tertiary/aromatic N) is 3. The number of pyridine rings is 1. The van der Waals surface area contributed by atoms with E-state index in [1.807, 2.05) is 0 Å². The standard InChI is InChI=1S/C23H16F7N3O/c1-11-5-13(23(28,29)30)8-21(31-11)33-18-4-3-14(24)6-12(18)7-20(33)22(34)32(2)19-10-16(26)15(25)9-17(19)27/h3-6,8-10,20H,7H2,1-2H3/i2D3. The smallest absolute Gasteiger partial charge is 0.313 e. The van der Waals surface area contributed by atoms with Crippen molar-refractivity contribution in [3.8, 4) is 0 Å². The highest BCUT2D eigenvalue weighted by molar-refractivity contribution is 6.01. The number of hydrogen-bond acceptors (Lipinski definition) is 3. The normalized spacial score (nSPS) is 17.1. The fraction of sp³-hybridized carbons (Fsp3) is 0.217. The molecule has 0 saturated heterocycles. The predicted molar refractivity (Wildman–Crippen MR) is 110 cm³/mol. The molecule has 0 radical (unpaired) electrons. The molecule has 3 aromatic rings. The fourth-order valence-corrected chi connectivity index (χ4v) is 3.79. The molecule has 0 N–H and O–H groups in total. The van der Waals surface area contributed by atoms with Gasteiger partial charge in [0.1, 0.15) is 23.5 Å². The van der Waals surface area contributed by atoms with E-state index in [2.05, 4.69) is 4.98 Å². The number of rotatable bonds is 3. The Balaban J connectivity index is 1.90. The summed E-state index contributed by atoms with van der Waals surface area (Å²) in [4.78, 5) is 18.6. The maximum Gasteiger partial charge on any atom is 0.416 e. The van der Waals surface area contributed by atoms with Crippen molar-refractivity contribution in [1.82, 2.24) is 4.98 Å². The van der Waals surface area contributed by atoms with E-state index >= 15 is 0 Å². The van der Waals surface area contributed by atoms with Crippen LogP contribution in [0.15, 0.2) is 42.5 Å². The molecule has 2 heterocycles. The van der Waals surface area contributed by atoms with Crippen LogP contribution in [0.3, 0.4) is 0 Å². The van der Waals surface area contributed by atoms with Gasteiger partial charge in [-0.2, -0.15) is 13.2 Å². The molecule has 1 atom stereocenters. The zero-order valence-corrected chi connectivity index (χ0v) is 17.2. The minimum absolute atomic E-state index is 0.0576. The highest BCUT2D eigenvalue weighted by Crippen LogP contribution is 2.41. The first-order chi connectivity index (χ1) is 17.1. The number of aromatic nitrogens is 1. The van der Waals surface area contributed by atoms with Crippen LogP contribution in [-0.4, -0.2) is 23.9 Å². The molecule has 2 aromatic carbocycles. The van der Waals surface area contributed by atoms with Crippen LogP contribution in [0.2, 0.25) is 0 Å². The number of fused-ring (bicyclic) bond motifs is 1. The van der Waals surface area contributed by atoms with Crippen molar-refractivity contribution in [1.29, 1.82) is 0 Å². The molecule has 1 aliphatic rings. The van der Waals surface area contributed by atoms with E-state index in [0.29, 0.717) is 6.07 Å². The van der Waals surface area contributed by atoms with Gasteiger partial charge in [-0.1, -0.05) is 0 Å². The van der Waals surface area contributed by atoms with E-state index in [0.717, 1.165) is 23.1 Å². The van der Waals surface area contributed by atoms with E-state index in [9.17, 15) is 35.5 Å². The van der Waals surface area contributed by atoms with Crippen molar-refractivity contribution in [3.63, 3.8) is 0 Å². The summed E-state index contributed by atoms with van der Waals surface area (Å²) in [5.41, 5.74) is -2.13. The lowest BCUT2D eigenvalue weighted by molar-refractivity contribution is -0.137. The highest BCUT2D eigenvalue weighted by atomic mass is 19.4. The Labute approximate surface area is 193 Å². The lowest BCUT2D eigenvalue weighted by atomic mass is 10.1. The average molecular weight is 486 g/mol. The first-order valence-electron chi connectivity index (χ1n) is 11.2. The molecular weight excluding hydrogens is 467 g/mol. The van der Waals surface area contributed by atoms with Gasteiger partial charge in [0.05, 0.1) is 11.3 Å². The van der Waals surface area contributed by atoms with Crippen LogP contribution in [0.5, 0.6) is 0 Å². The van der Waals surface area contributed by atoms with Crippen molar-refractivity contribution in [2.75, 3.05) is 16.8 Å². The molecule has 178 valence electrons. The monoisotopic (exact) mass is 486 g/mol. The van der Waals surface area contributed by atoms with Crippen molar-refractivity contribution in [2.45, 2.75) is 25.6 Å². The summed E-state index contributed by atoms with van der Waals surface area (Å²) in [6.07, 6.45) is -5.20. The third-order valence-electron chi connectivity index (χ3n) is 5.28. The van der Waals surface area contributed by atoms with Gasteiger partial charge in [0.25, 0.3) is 0 Å². The predicted octanol–water partition coefficient (Wildman–Crippen LogP) is 5.69. The maximum atomic E-state index is 14.6. The number of hydrogen-bond donors (Lipinski definition) is 0. The minimum Gasteiger partial charge on any atom is -0.313 e. The fourth-order valence-electron chi connectivity index (χ4n) is 3.79. The molecule has 0 spiro atoms. The van der Waals surface area contributed by atoms with Crippen molar-refractivity contribution in [3.05, 3.63) is 82.6 Å². The molecule has 1 aromatic heterocycles. The average Bonchev–Trinajstić information content (AvgIpc) is 3.14. The van der Waals surface area contributed by atoms with Gasteiger partial charge in [0.2, 0.25) is 5.91 Å². The number of carbonyl (C=O) groups excluding carboxylic acids is 1. The Morgan fingerprint density at radius 1 is 1.06 bits per heavy atom. The largest absolute Gasteiger partial charge is 0.416 e. The minimum atomic E-state index is -4.80. The number of aryl methyl sites for hydroxylation is 1. The third-order valence-corrected chi connectivity index (χ3v) is 5.28. The molecule has 0 fully saturated rings. The molecule has 4 nitrogen and oxygen atoms in total. The van der Waals surface area contributed by atoms with E-state index < -0.39 is 71.9 Å². The Morgan fingerprint density at radius 3 is 2.44 bits per heavy atom. The zero-order valence-electron chi connectivity index (χ0n) is 20.2. The van der Waals surface area contributed by atoms with Gasteiger partial charge in [0, 0.05) is 41.0 Å². The molecular formula is C23H16F7N3O. The maximum absolute atomic E-state index is 14.6. The van der Waals surface area contributed by atoms with Crippen LogP contribution >= 0.6 is 0 Å². The Hall–Kier alpha value is -3.63. The number of alkyl halides is 3. The van der Waals surface area contributed by atoms with Crippen LogP contribution in [0.4, 0.5) is 47.9 Å². The van der Waals surface area contributed by atoms with E-state index in [1.54, 1.807) is 0 Å². The van der Waals surface area contributed by atoms with E-state index in [4.69, 9.17) is 4.11 Å². The van der Waals surface area contributed by atoms with Gasteiger partial charge in [-0.3, -0.25) is 4.79 Å². The first-order valence-corrected chi connectivity index (χ1v) is 9.70. The van der Waals surface area contributed by atoms with Crippen LogP contribution in [0.25, 0.3) is 0 Å². The number of amides is 1. The van der Waals surface area contributed by atoms with Crippen LogP contribution in [0, 0.1) is 30.2 Å². The first kappa shape index (κ1) is 19.8. The molecule has 1 amide bonds. The van der Waals surface area contributed by atoms with Gasteiger partial charge >= 0.3 is 6.18 Å². The second-order valence-corrected chi connectivity index (χ2v) is 7.61. The lowest BCUT2D eigenvalue weighted by Gasteiger charge is -2.30. The molecule has 0 aliphatic carbocycles. The van der Waals surface area contributed by atoms with E-state index in [-0.39, 0.29) is 34.0 Å². The van der Waals surface area contributed by atoms with Crippen molar-refractivity contribution < 1.29 is 39.6 Å². The number of benzene rings is 2. The zero-order chi connectivity index (χ0) is 27.4. The van der Waals surface area contributed by atoms with E-state index in [1.165, 1.54) is 13.0 Å². The van der Waals surface area contributed by atoms with Crippen LogP contribution < -0.4 is 9.80 Å². The highest BCUT2D eigenvalue weighted by Gasteiger charge is 2.40. The Kier molecular flexibility index (Phi) is 4.83. The Bertz CT molecular complexity index is 1400. The van der Waals surface area contributed by atoms with Gasteiger partial charge in [-0.15, -0.1) is 0 Å². The quantitative estimate of drug-likeness (QED) is 0.353. The molecule has 11 heteroatoms. The SMILES string of the molecule is [2H]C([2H])([2H])N(C(=O)C1Cc2cc(F)ccc2N1c1cc(C(F)(F)F)cc(C)n1)c1cc(F)c(F)cc1F. The molecule has 1 aliphatic heterocycles. The van der Waals surface area contributed by atoms with Crippen LogP contribution in [0.1, 0.15) is 20.9 Å². The number of carbonyl (C=O) groups is 1. The summed E-state index contributed by atoms with van der Waals surface area (Å²) in [5.74, 6) is -7.37. The van der Waals surface area contributed by atoms with Gasteiger partial charge in [-0.25, -0.2) is 22.5 Å². The van der Waals surface area contributed by atoms with Crippen molar-refractivity contribution in [2.24, 2.45) is 0 Å². The molecule has 0 bridgehead atoms. The molecule has 1 unspecified atom stereocenters. The van der Waals surface area contributed by atoms with Gasteiger partial charge in [-0.05, 0) is 42.8 Å². The number of likely N-dealkylation sites (N-methyl/N-ethyl adjacent to an activating group) is 1. The summed E-state index contributed by atoms with van der Waals surface area (Å²) in [6.45, 7) is -2.16. The lowest BCUT2D eigenvalue weighted by Crippen LogP contribution is -2.45. The summed E-state index contributed by atoms with van der Waals surface area (Å²) >= 11 is 0. The van der Waals surface area contributed by atoms with Gasteiger partial charge < -0.3 is 9.80 Å². The summed E-state index contributed by atoms with van der Waals surface area (Å²) < 4.78 is 120. The molecule has 0 saturated carbocycles. The molecule has 34 heavy (non-hydrogen) atoms. The second kappa shape index (κ2) is 8.30. The second-order valence-electron chi connectivity index (χ2n) is 7.61. The number of halogens is 7. The topological polar surface area (TPSA) is 36.4 Å². The molecule has 4 rings (SSSR count). The number of anilines is 3. The summed E-state index contributed by atoms with van der Waals surface area (Å²) in [6, 6.07) is 3.15. The van der Waals surface area contributed by atoms with Crippen molar-refractivity contribution >= 4 is 23.1 Å². The third kappa shape index (κ3) is 4.17.